The maximum atomic E-state index is 5.84. The Balaban J connectivity index is 2.09. The van der Waals surface area contributed by atoms with Gasteiger partial charge in [-0.05, 0) is 26.0 Å². The number of halogens is 1. The Hall–Kier alpha value is -0.870. The second kappa shape index (κ2) is 4.77. The maximum absolute atomic E-state index is 5.84. The van der Waals surface area contributed by atoms with Gasteiger partial charge in [0, 0.05) is 25.3 Å². The zero-order valence-corrected chi connectivity index (χ0v) is 9.54. The number of piperidine rings is 1. The van der Waals surface area contributed by atoms with Gasteiger partial charge in [-0.25, -0.2) is 9.97 Å². The molecule has 1 aromatic rings. The van der Waals surface area contributed by atoms with Gasteiger partial charge in [-0.15, -0.1) is 0 Å². The van der Waals surface area contributed by atoms with Crippen molar-refractivity contribution >= 4 is 17.5 Å². The summed E-state index contributed by atoms with van der Waals surface area (Å²) in [6.45, 7) is 1.97. The van der Waals surface area contributed by atoms with Crippen molar-refractivity contribution < 1.29 is 0 Å². The van der Waals surface area contributed by atoms with Gasteiger partial charge in [0.15, 0.2) is 0 Å². The molecule has 1 aliphatic rings. The summed E-state index contributed by atoms with van der Waals surface area (Å²) >= 11 is 5.84. The van der Waals surface area contributed by atoms with E-state index in [1.54, 1.807) is 12.3 Å². The van der Waals surface area contributed by atoms with Crippen LogP contribution in [0.25, 0.3) is 0 Å². The molecule has 15 heavy (non-hydrogen) atoms. The highest BCUT2D eigenvalue weighted by molar-refractivity contribution is 6.29. The summed E-state index contributed by atoms with van der Waals surface area (Å²) in [5, 5.41) is 3.79. The molecule has 0 saturated carbocycles. The molecule has 0 bridgehead atoms. The van der Waals surface area contributed by atoms with Crippen LogP contribution in [0.5, 0.6) is 0 Å². The van der Waals surface area contributed by atoms with Gasteiger partial charge in [0.25, 0.3) is 0 Å². The second-order valence-electron chi connectivity index (χ2n) is 3.75. The Morgan fingerprint density at radius 1 is 1.60 bits per heavy atom. The molecule has 0 amide bonds. The van der Waals surface area contributed by atoms with E-state index in [2.05, 4.69) is 20.2 Å². The van der Waals surface area contributed by atoms with Crippen molar-refractivity contribution in [2.45, 2.75) is 18.9 Å². The van der Waals surface area contributed by atoms with E-state index in [-0.39, 0.29) is 0 Å². The first kappa shape index (κ1) is 10.6. The number of hydrogen-bond donors (Lipinski definition) is 1. The molecule has 1 N–H and O–H groups in total. The van der Waals surface area contributed by atoms with Crippen LogP contribution in [0.1, 0.15) is 12.8 Å². The number of anilines is 1. The highest BCUT2D eigenvalue weighted by Gasteiger charge is 2.20. The largest absolute Gasteiger partial charge is 0.339 e. The minimum absolute atomic E-state index is 0.506. The Labute approximate surface area is 94.7 Å². The fraction of sp³-hybridized carbons (Fsp3) is 0.600. The van der Waals surface area contributed by atoms with Gasteiger partial charge in [-0.2, -0.15) is 0 Å². The lowest BCUT2D eigenvalue weighted by molar-refractivity contribution is 0.445. The molecule has 0 radical (unpaired) electrons. The monoisotopic (exact) mass is 226 g/mol. The van der Waals surface area contributed by atoms with Gasteiger partial charge in [-0.3, -0.25) is 0 Å². The molecule has 5 heteroatoms. The fourth-order valence-electron chi connectivity index (χ4n) is 1.87. The molecule has 82 valence electrons. The molecule has 4 nitrogen and oxygen atoms in total. The number of nitrogens with one attached hydrogen (secondary N) is 1. The van der Waals surface area contributed by atoms with E-state index in [0.717, 1.165) is 19.0 Å². The average Bonchev–Trinajstić information content (AvgIpc) is 2.29. The van der Waals surface area contributed by atoms with Crippen LogP contribution < -0.4 is 10.2 Å². The van der Waals surface area contributed by atoms with Crippen LogP contribution in [0, 0.1) is 0 Å². The molecule has 0 unspecified atom stereocenters. The zero-order valence-electron chi connectivity index (χ0n) is 8.78. The number of hydrogen-bond acceptors (Lipinski definition) is 4. The van der Waals surface area contributed by atoms with Crippen LogP contribution in [0.2, 0.25) is 5.15 Å². The lowest BCUT2D eigenvalue weighted by atomic mass is 10.1. The van der Waals surface area contributed by atoms with Crippen molar-refractivity contribution in [3.05, 3.63) is 17.4 Å². The number of nitrogens with zero attached hydrogens (tertiary/aromatic N) is 3. The molecular formula is C10H15ClN4. The summed E-state index contributed by atoms with van der Waals surface area (Å²) in [5.41, 5.74) is 0. The highest BCUT2D eigenvalue weighted by Crippen LogP contribution is 2.16. The van der Waals surface area contributed by atoms with Crippen molar-refractivity contribution in [2.75, 3.05) is 25.0 Å². The molecule has 1 fully saturated rings. The Kier molecular flexibility index (Phi) is 3.38. The molecule has 2 heterocycles. The van der Waals surface area contributed by atoms with Gasteiger partial charge >= 0.3 is 0 Å². The fourth-order valence-corrected chi connectivity index (χ4v) is 2.01. The summed E-state index contributed by atoms with van der Waals surface area (Å²) in [4.78, 5) is 10.6. The maximum Gasteiger partial charge on any atom is 0.226 e. The summed E-state index contributed by atoms with van der Waals surface area (Å²) in [6, 6.07) is 2.23. The minimum atomic E-state index is 0.506. The van der Waals surface area contributed by atoms with Crippen LogP contribution in [-0.2, 0) is 0 Å². The van der Waals surface area contributed by atoms with Gasteiger partial charge in [0.2, 0.25) is 5.95 Å². The third-order valence-corrected chi connectivity index (χ3v) is 2.93. The molecule has 0 aliphatic carbocycles. The number of rotatable bonds is 2. The molecule has 1 saturated heterocycles. The lowest BCUT2D eigenvalue weighted by Crippen LogP contribution is -2.45. The van der Waals surface area contributed by atoms with E-state index < -0.39 is 0 Å². The minimum Gasteiger partial charge on any atom is -0.339 e. The number of likely N-dealkylation sites (N-methyl/N-ethyl adjacent to an activating group) is 1. The van der Waals surface area contributed by atoms with Crippen molar-refractivity contribution in [3.63, 3.8) is 0 Å². The van der Waals surface area contributed by atoms with E-state index in [9.17, 15) is 0 Å². The molecule has 1 aliphatic heterocycles. The first-order valence-electron chi connectivity index (χ1n) is 5.20. The van der Waals surface area contributed by atoms with Crippen molar-refractivity contribution in [2.24, 2.45) is 0 Å². The first-order valence-corrected chi connectivity index (χ1v) is 5.58. The molecule has 1 aromatic heterocycles. The summed E-state index contributed by atoms with van der Waals surface area (Å²) in [7, 11) is 1.99. The van der Waals surface area contributed by atoms with E-state index in [1.807, 2.05) is 7.05 Å². The Morgan fingerprint density at radius 3 is 3.20 bits per heavy atom. The molecular weight excluding hydrogens is 212 g/mol. The molecule has 0 spiro atoms. The standard InChI is InChI=1S/C10H15ClN4/c1-12-8-3-2-6-15(7-8)10-13-5-4-9(11)14-10/h4-5,8,12H,2-3,6-7H2,1H3/t8-/m0/s1. The van der Waals surface area contributed by atoms with Crippen LogP contribution >= 0.6 is 11.6 Å². The second-order valence-corrected chi connectivity index (χ2v) is 4.14. The topological polar surface area (TPSA) is 41.0 Å². The van der Waals surface area contributed by atoms with E-state index in [4.69, 9.17) is 11.6 Å². The predicted molar refractivity (Wildman–Crippen MR) is 61.3 cm³/mol. The number of aromatic nitrogens is 2. The van der Waals surface area contributed by atoms with E-state index in [1.165, 1.54) is 12.8 Å². The Bertz CT molecular complexity index is 331. The van der Waals surface area contributed by atoms with Crippen molar-refractivity contribution in [1.29, 1.82) is 0 Å². The van der Waals surface area contributed by atoms with Gasteiger partial charge in [0.05, 0.1) is 0 Å². The predicted octanol–water partition coefficient (Wildman–Crippen LogP) is 1.32. The van der Waals surface area contributed by atoms with Crippen molar-refractivity contribution in [3.8, 4) is 0 Å². The average molecular weight is 227 g/mol. The lowest BCUT2D eigenvalue weighted by Gasteiger charge is -2.32. The SMILES string of the molecule is CN[C@H]1CCCN(c2nccc(Cl)n2)C1. The van der Waals surface area contributed by atoms with E-state index >= 15 is 0 Å². The van der Waals surface area contributed by atoms with Crippen LogP contribution in [0.4, 0.5) is 5.95 Å². The van der Waals surface area contributed by atoms with Crippen LogP contribution in [0.15, 0.2) is 12.3 Å². The first-order chi connectivity index (χ1) is 7.29. The van der Waals surface area contributed by atoms with Gasteiger partial charge < -0.3 is 10.2 Å². The third kappa shape index (κ3) is 2.58. The van der Waals surface area contributed by atoms with Gasteiger partial charge in [-0.1, -0.05) is 11.6 Å². The molecule has 0 aromatic carbocycles. The Morgan fingerprint density at radius 2 is 2.47 bits per heavy atom. The quantitative estimate of drug-likeness (QED) is 0.773. The zero-order chi connectivity index (χ0) is 10.7. The smallest absolute Gasteiger partial charge is 0.226 e. The molecule has 1 atom stereocenters. The van der Waals surface area contributed by atoms with Gasteiger partial charge in [0.1, 0.15) is 5.15 Å². The molecule has 2 rings (SSSR count). The third-order valence-electron chi connectivity index (χ3n) is 2.72. The summed E-state index contributed by atoms with van der Waals surface area (Å²) in [5.74, 6) is 0.738. The van der Waals surface area contributed by atoms with Crippen LogP contribution in [-0.4, -0.2) is 36.1 Å². The summed E-state index contributed by atoms with van der Waals surface area (Å²) < 4.78 is 0. The van der Waals surface area contributed by atoms with E-state index in [0.29, 0.717) is 11.2 Å². The highest BCUT2D eigenvalue weighted by atomic mass is 35.5. The summed E-state index contributed by atoms with van der Waals surface area (Å²) in [6.07, 6.45) is 4.09. The van der Waals surface area contributed by atoms with Crippen LogP contribution in [0.3, 0.4) is 0 Å². The van der Waals surface area contributed by atoms with Crippen molar-refractivity contribution in [1.82, 2.24) is 15.3 Å². The normalized spacial score (nSPS) is 21.7.